The van der Waals surface area contributed by atoms with Gasteiger partial charge in [0.2, 0.25) is 5.91 Å². The van der Waals surface area contributed by atoms with Crippen LogP contribution in [-0.4, -0.2) is 69.3 Å². The van der Waals surface area contributed by atoms with E-state index in [0.717, 1.165) is 42.5 Å². The Hall–Kier alpha value is -3.92. The summed E-state index contributed by atoms with van der Waals surface area (Å²) in [6.45, 7) is 3.04. The number of ether oxygens (including phenoxy) is 4. The highest BCUT2D eigenvalue weighted by Crippen LogP contribution is 2.29. The minimum atomic E-state index is -0.303. The van der Waals surface area contributed by atoms with E-state index in [1.807, 2.05) is 23.1 Å². The maximum absolute atomic E-state index is 14.0. The molecule has 3 amide bonds. The molecule has 0 radical (unpaired) electrons. The molecule has 3 aromatic rings. The minimum Gasteiger partial charge on any atom is -0.497 e. The molecular weight excluding hydrogens is 566 g/mol. The fourth-order valence-electron chi connectivity index (χ4n) is 5.43. The number of amides is 3. The molecule has 0 aliphatic heterocycles. The first-order valence-corrected chi connectivity index (χ1v) is 15.5. The second-order valence-corrected chi connectivity index (χ2v) is 12.1. The Morgan fingerprint density at radius 3 is 2.16 bits per heavy atom. The van der Waals surface area contributed by atoms with Crippen LogP contribution in [0, 0.1) is 6.92 Å². The lowest BCUT2D eigenvalue weighted by Gasteiger charge is -2.35. The Kier molecular flexibility index (Phi) is 11.6. The number of carbonyl (C=O) groups excluding carboxylic acids is 2. The second-order valence-electron chi connectivity index (χ2n) is 10.7. The smallest absolute Gasteiger partial charge is 0.322 e. The second kappa shape index (κ2) is 15.5. The summed E-state index contributed by atoms with van der Waals surface area (Å²) >= 11 is 1.68. The molecule has 1 aromatic heterocycles. The number of hydrogen-bond acceptors (Lipinski definition) is 7. The summed E-state index contributed by atoms with van der Waals surface area (Å²) in [6, 6.07) is 14.9. The number of carbonyl (C=O) groups is 2. The predicted octanol–water partition coefficient (Wildman–Crippen LogP) is 6.53. The molecule has 1 heterocycles. The maximum atomic E-state index is 14.0. The summed E-state index contributed by atoms with van der Waals surface area (Å²) in [4.78, 5) is 33.7. The topological polar surface area (TPSA) is 89.6 Å². The van der Waals surface area contributed by atoms with Crippen molar-refractivity contribution in [2.45, 2.75) is 58.0 Å². The van der Waals surface area contributed by atoms with Gasteiger partial charge in [-0.15, -0.1) is 11.3 Å². The van der Waals surface area contributed by atoms with Crippen LogP contribution in [0.4, 0.5) is 10.5 Å². The van der Waals surface area contributed by atoms with Crippen LogP contribution in [0.15, 0.2) is 48.5 Å². The number of methoxy groups -OCH3 is 4. The van der Waals surface area contributed by atoms with Gasteiger partial charge in [-0.2, -0.15) is 0 Å². The quantitative estimate of drug-likeness (QED) is 0.237. The van der Waals surface area contributed by atoms with E-state index in [0.29, 0.717) is 48.2 Å². The standard InChI is InChI=1S/C33H43N3O6S/c1-23-11-13-29(43-23)21-35(16-15-24-12-14-30(41-4)31(17-24)42-5)32(37)22-36(26-9-7-6-8-10-26)33(38)34-25-18-27(39-2)20-28(19-25)40-3/h11-14,17-20,26H,6-10,15-16,21-22H2,1-5H3,(H,34,38). The SMILES string of the molecule is COc1cc(NC(=O)N(CC(=O)N(CCc2ccc(OC)c(OC)c2)Cc2ccc(C)s2)C2CCCCC2)cc(OC)c1. The number of nitrogens with one attached hydrogen (secondary N) is 1. The Morgan fingerprint density at radius 1 is 0.860 bits per heavy atom. The van der Waals surface area contributed by atoms with Gasteiger partial charge in [0.15, 0.2) is 11.5 Å². The first-order chi connectivity index (χ1) is 20.8. The molecule has 9 nitrogen and oxygen atoms in total. The fraction of sp³-hybridized carbons (Fsp3) is 0.455. The summed E-state index contributed by atoms with van der Waals surface area (Å²) in [5, 5.41) is 3.00. The van der Waals surface area contributed by atoms with E-state index >= 15 is 0 Å². The van der Waals surface area contributed by atoms with Crippen LogP contribution in [0.5, 0.6) is 23.0 Å². The Bertz CT molecular complexity index is 1350. The molecule has 1 N–H and O–H groups in total. The van der Waals surface area contributed by atoms with Crippen molar-refractivity contribution in [1.29, 1.82) is 0 Å². The predicted molar refractivity (Wildman–Crippen MR) is 170 cm³/mol. The first-order valence-electron chi connectivity index (χ1n) is 14.7. The largest absolute Gasteiger partial charge is 0.497 e. The average molecular weight is 610 g/mol. The third kappa shape index (κ3) is 8.79. The van der Waals surface area contributed by atoms with Crippen molar-refractivity contribution in [2.75, 3.05) is 46.8 Å². The highest BCUT2D eigenvalue weighted by atomic mass is 32.1. The van der Waals surface area contributed by atoms with Crippen molar-refractivity contribution in [2.24, 2.45) is 0 Å². The number of aryl methyl sites for hydroxylation is 1. The van der Waals surface area contributed by atoms with Gasteiger partial charge in [-0.25, -0.2) is 4.79 Å². The lowest BCUT2D eigenvalue weighted by Crippen LogP contribution is -2.49. The van der Waals surface area contributed by atoms with Crippen molar-refractivity contribution in [1.82, 2.24) is 9.80 Å². The van der Waals surface area contributed by atoms with Crippen LogP contribution in [0.25, 0.3) is 0 Å². The highest BCUT2D eigenvalue weighted by molar-refractivity contribution is 7.11. The molecule has 0 spiro atoms. The zero-order chi connectivity index (χ0) is 30.8. The van der Waals surface area contributed by atoms with Gasteiger partial charge >= 0.3 is 6.03 Å². The lowest BCUT2D eigenvalue weighted by atomic mass is 9.94. The summed E-state index contributed by atoms with van der Waals surface area (Å²) < 4.78 is 21.6. The minimum absolute atomic E-state index is 0.00606. The van der Waals surface area contributed by atoms with Crippen molar-refractivity contribution < 1.29 is 28.5 Å². The van der Waals surface area contributed by atoms with Crippen LogP contribution in [0.3, 0.4) is 0 Å². The summed E-state index contributed by atoms with van der Waals surface area (Å²) in [7, 11) is 6.36. The van der Waals surface area contributed by atoms with Gasteiger partial charge < -0.3 is 34.1 Å². The Balaban J connectivity index is 1.55. The average Bonchev–Trinajstić information content (AvgIpc) is 3.45. The van der Waals surface area contributed by atoms with Crippen molar-refractivity contribution in [3.05, 3.63) is 63.8 Å². The van der Waals surface area contributed by atoms with E-state index in [9.17, 15) is 9.59 Å². The van der Waals surface area contributed by atoms with Gasteiger partial charge in [-0.1, -0.05) is 25.3 Å². The van der Waals surface area contributed by atoms with E-state index in [4.69, 9.17) is 18.9 Å². The van der Waals surface area contributed by atoms with E-state index in [-0.39, 0.29) is 24.5 Å². The monoisotopic (exact) mass is 609 g/mol. The van der Waals surface area contributed by atoms with E-state index in [2.05, 4.69) is 24.4 Å². The van der Waals surface area contributed by atoms with Crippen molar-refractivity contribution >= 4 is 29.0 Å². The number of benzene rings is 2. The van der Waals surface area contributed by atoms with Crippen LogP contribution in [-0.2, 0) is 17.8 Å². The summed E-state index contributed by atoms with van der Waals surface area (Å²) in [5.41, 5.74) is 1.58. The third-order valence-corrected chi connectivity index (χ3v) is 8.78. The normalized spacial score (nSPS) is 13.2. The van der Waals surface area contributed by atoms with Gasteiger partial charge in [0.25, 0.3) is 0 Å². The molecule has 4 rings (SSSR count). The molecule has 0 saturated heterocycles. The number of nitrogens with zero attached hydrogens (tertiary/aromatic N) is 2. The van der Waals surface area contributed by atoms with Gasteiger partial charge in [0, 0.05) is 46.2 Å². The summed E-state index contributed by atoms with van der Waals surface area (Å²) in [5.74, 6) is 2.37. The number of thiophene rings is 1. The summed E-state index contributed by atoms with van der Waals surface area (Å²) in [6.07, 6.45) is 5.59. The molecule has 0 atom stereocenters. The highest BCUT2D eigenvalue weighted by Gasteiger charge is 2.29. The van der Waals surface area contributed by atoms with Gasteiger partial charge in [0.1, 0.15) is 18.0 Å². The number of hydrogen-bond donors (Lipinski definition) is 1. The van der Waals surface area contributed by atoms with Crippen molar-refractivity contribution in [3.8, 4) is 23.0 Å². The third-order valence-electron chi connectivity index (χ3n) is 7.80. The molecule has 1 fully saturated rings. The van der Waals surface area contributed by atoms with E-state index in [1.54, 1.807) is 62.9 Å². The van der Waals surface area contributed by atoms with Crippen LogP contribution in [0.2, 0.25) is 0 Å². The van der Waals surface area contributed by atoms with Gasteiger partial charge in [-0.3, -0.25) is 4.79 Å². The van der Waals surface area contributed by atoms with Crippen LogP contribution < -0.4 is 24.3 Å². The van der Waals surface area contributed by atoms with E-state index < -0.39 is 0 Å². The molecular formula is C33H43N3O6S. The number of anilines is 1. The molecule has 2 aromatic carbocycles. The molecule has 1 aliphatic rings. The molecule has 232 valence electrons. The Morgan fingerprint density at radius 2 is 1.56 bits per heavy atom. The van der Waals surface area contributed by atoms with Crippen molar-refractivity contribution in [3.63, 3.8) is 0 Å². The van der Waals surface area contributed by atoms with Gasteiger partial charge in [-0.05, 0) is 56.0 Å². The molecule has 43 heavy (non-hydrogen) atoms. The number of urea groups is 1. The van der Waals surface area contributed by atoms with Gasteiger partial charge in [0.05, 0.1) is 35.0 Å². The zero-order valence-corrected chi connectivity index (χ0v) is 26.6. The molecule has 0 bridgehead atoms. The van der Waals surface area contributed by atoms with Crippen LogP contribution >= 0.6 is 11.3 Å². The maximum Gasteiger partial charge on any atom is 0.322 e. The molecule has 0 unspecified atom stereocenters. The molecule has 1 saturated carbocycles. The first kappa shape index (κ1) is 32.0. The van der Waals surface area contributed by atoms with Crippen LogP contribution in [0.1, 0.15) is 47.4 Å². The molecule has 10 heteroatoms. The van der Waals surface area contributed by atoms with E-state index in [1.165, 1.54) is 4.88 Å². The zero-order valence-electron chi connectivity index (χ0n) is 25.8. The Labute approximate surface area is 258 Å². The fourth-order valence-corrected chi connectivity index (χ4v) is 6.34. The lowest BCUT2D eigenvalue weighted by molar-refractivity contribution is -0.132. The number of rotatable bonds is 13. The molecule has 1 aliphatic carbocycles.